The largest absolute Gasteiger partial charge is 0.481 e. The molecule has 0 bridgehead atoms. The quantitative estimate of drug-likeness (QED) is 0.248. The lowest BCUT2D eigenvalue weighted by Gasteiger charge is -2.06. The van der Waals surface area contributed by atoms with E-state index < -0.39 is 5.97 Å². The first-order valence-corrected chi connectivity index (χ1v) is 11.1. The predicted octanol–water partition coefficient (Wildman–Crippen LogP) is 4.83. The summed E-state index contributed by atoms with van der Waals surface area (Å²) < 4.78 is 0. The molecule has 0 saturated heterocycles. The maximum Gasteiger partial charge on any atom is 0.303 e. The van der Waals surface area contributed by atoms with Crippen LogP contribution < -0.4 is 0 Å². The molecule has 0 fully saturated rings. The second kappa shape index (κ2) is 16.0. The van der Waals surface area contributed by atoms with E-state index in [0.29, 0.717) is 17.3 Å². The van der Waals surface area contributed by atoms with Gasteiger partial charge in [0.25, 0.3) is 0 Å². The van der Waals surface area contributed by atoms with Crippen molar-refractivity contribution in [1.82, 2.24) is 0 Å². The third kappa shape index (κ3) is 15.0. The summed E-state index contributed by atoms with van der Waals surface area (Å²) in [7, 11) is 0.525. The maximum atomic E-state index is 10.3. The fourth-order valence-electron chi connectivity index (χ4n) is 2.17. The zero-order chi connectivity index (χ0) is 15.1. The van der Waals surface area contributed by atoms with Gasteiger partial charge >= 0.3 is 5.97 Å². The second-order valence-electron chi connectivity index (χ2n) is 5.07. The van der Waals surface area contributed by atoms with Gasteiger partial charge in [-0.1, -0.05) is 48.0 Å². The molecular formula is C15H29BrClO2S+. The van der Waals surface area contributed by atoms with Crippen LogP contribution in [0.25, 0.3) is 0 Å². The van der Waals surface area contributed by atoms with Crippen molar-refractivity contribution in [2.45, 2.75) is 57.8 Å². The molecule has 5 heteroatoms. The van der Waals surface area contributed by atoms with Gasteiger partial charge in [0.1, 0.15) is 17.3 Å². The molecule has 0 radical (unpaired) electrons. The van der Waals surface area contributed by atoms with Gasteiger partial charge in [-0.25, -0.2) is 0 Å². The standard InChI is InChI=1S/C15H28BrClO2S/c16-10-13-20(14-11-17)12-8-6-4-2-1-3-5-7-9-15(18)19/h1-14H2/p+1. The lowest BCUT2D eigenvalue weighted by Crippen LogP contribution is -2.18. The number of rotatable bonds is 15. The van der Waals surface area contributed by atoms with Crippen molar-refractivity contribution in [2.24, 2.45) is 0 Å². The summed E-state index contributed by atoms with van der Waals surface area (Å²) >= 11 is 9.35. The van der Waals surface area contributed by atoms with E-state index in [0.717, 1.165) is 24.1 Å². The van der Waals surface area contributed by atoms with Gasteiger partial charge in [0.2, 0.25) is 0 Å². The van der Waals surface area contributed by atoms with Crippen LogP contribution in [0.1, 0.15) is 57.8 Å². The van der Waals surface area contributed by atoms with E-state index in [4.69, 9.17) is 16.7 Å². The van der Waals surface area contributed by atoms with Crippen molar-refractivity contribution in [1.29, 1.82) is 0 Å². The Labute approximate surface area is 140 Å². The van der Waals surface area contributed by atoms with E-state index in [9.17, 15) is 4.79 Å². The Kier molecular flexibility index (Phi) is 16.4. The first-order valence-electron chi connectivity index (χ1n) is 7.68. The highest BCUT2D eigenvalue weighted by Crippen LogP contribution is 2.11. The van der Waals surface area contributed by atoms with Gasteiger partial charge in [-0.15, -0.1) is 11.6 Å². The summed E-state index contributed by atoms with van der Waals surface area (Å²) in [5.41, 5.74) is 0. The van der Waals surface area contributed by atoms with Gasteiger partial charge in [-0.05, 0) is 30.2 Å². The molecule has 0 aliphatic rings. The summed E-state index contributed by atoms with van der Waals surface area (Å²) in [5.74, 6) is 3.93. The maximum absolute atomic E-state index is 10.3. The van der Waals surface area contributed by atoms with Gasteiger partial charge in [-0.2, -0.15) is 0 Å². The van der Waals surface area contributed by atoms with Crippen molar-refractivity contribution in [3.63, 3.8) is 0 Å². The Bertz CT molecular complexity index is 224. The SMILES string of the molecule is O=C(O)CCCCCCCCCC[S+](CCCl)CCBr. The fraction of sp³-hybridized carbons (Fsp3) is 0.933. The van der Waals surface area contributed by atoms with Crippen LogP contribution in [0.2, 0.25) is 0 Å². The van der Waals surface area contributed by atoms with Crippen LogP contribution in [0, 0.1) is 0 Å². The van der Waals surface area contributed by atoms with Crippen molar-refractivity contribution in [2.75, 3.05) is 28.5 Å². The highest BCUT2D eigenvalue weighted by Gasteiger charge is 2.15. The summed E-state index contributed by atoms with van der Waals surface area (Å²) in [5, 5.41) is 9.62. The number of hydrogen-bond donors (Lipinski definition) is 1. The Morgan fingerprint density at radius 2 is 1.45 bits per heavy atom. The number of carboxylic acids is 1. The molecule has 0 aliphatic carbocycles. The van der Waals surface area contributed by atoms with Crippen molar-refractivity contribution < 1.29 is 9.90 Å². The average molecular weight is 389 g/mol. The van der Waals surface area contributed by atoms with Gasteiger partial charge in [0, 0.05) is 11.8 Å². The molecule has 1 N–H and O–H groups in total. The van der Waals surface area contributed by atoms with E-state index in [1.54, 1.807) is 0 Å². The number of unbranched alkanes of at least 4 members (excludes halogenated alkanes) is 7. The van der Waals surface area contributed by atoms with Crippen molar-refractivity contribution in [3.8, 4) is 0 Å². The first-order chi connectivity index (χ1) is 9.70. The molecule has 0 aliphatic heterocycles. The number of halogens is 2. The molecule has 0 amide bonds. The normalized spacial score (nSPS) is 12.5. The molecule has 1 atom stereocenters. The smallest absolute Gasteiger partial charge is 0.303 e. The Balaban J connectivity index is 3.24. The van der Waals surface area contributed by atoms with Gasteiger partial charge < -0.3 is 5.11 Å². The molecule has 120 valence electrons. The van der Waals surface area contributed by atoms with Crippen LogP contribution in [0.5, 0.6) is 0 Å². The summed E-state index contributed by atoms with van der Waals surface area (Å²) in [6.45, 7) is 0. The van der Waals surface area contributed by atoms with Gasteiger partial charge in [0.15, 0.2) is 0 Å². The van der Waals surface area contributed by atoms with Crippen LogP contribution in [0.3, 0.4) is 0 Å². The fourth-order valence-corrected chi connectivity index (χ4v) is 5.86. The molecular weight excluding hydrogens is 360 g/mol. The Hall–Kier alpha value is 0.590. The minimum atomic E-state index is -0.666. The zero-order valence-corrected chi connectivity index (χ0v) is 15.6. The molecule has 20 heavy (non-hydrogen) atoms. The molecule has 0 aromatic rings. The van der Waals surface area contributed by atoms with Crippen LogP contribution >= 0.6 is 27.5 Å². The van der Waals surface area contributed by atoms with Crippen LogP contribution in [-0.2, 0) is 15.7 Å². The molecule has 0 aromatic carbocycles. The topological polar surface area (TPSA) is 37.3 Å². The number of hydrogen-bond acceptors (Lipinski definition) is 1. The molecule has 0 spiro atoms. The van der Waals surface area contributed by atoms with Gasteiger partial charge in [-0.3, -0.25) is 4.79 Å². The minimum absolute atomic E-state index is 0.330. The number of alkyl halides is 2. The second-order valence-corrected chi connectivity index (χ2v) is 8.70. The monoisotopic (exact) mass is 387 g/mol. The lowest BCUT2D eigenvalue weighted by atomic mass is 10.1. The zero-order valence-electron chi connectivity index (χ0n) is 12.4. The molecule has 0 heterocycles. The molecule has 0 saturated carbocycles. The third-order valence-corrected chi connectivity index (χ3v) is 7.07. The lowest BCUT2D eigenvalue weighted by molar-refractivity contribution is -0.137. The Morgan fingerprint density at radius 1 is 0.900 bits per heavy atom. The molecule has 1 unspecified atom stereocenters. The summed E-state index contributed by atoms with van der Waals surface area (Å²) in [6, 6.07) is 0. The first kappa shape index (κ1) is 20.6. The van der Waals surface area contributed by atoms with Crippen LogP contribution in [-0.4, -0.2) is 39.5 Å². The highest BCUT2D eigenvalue weighted by atomic mass is 79.9. The van der Waals surface area contributed by atoms with E-state index in [-0.39, 0.29) is 0 Å². The predicted molar refractivity (Wildman–Crippen MR) is 95.7 cm³/mol. The highest BCUT2D eigenvalue weighted by molar-refractivity contribution is 9.09. The summed E-state index contributed by atoms with van der Waals surface area (Å²) in [6.07, 6.45) is 9.98. The van der Waals surface area contributed by atoms with E-state index in [1.165, 1.54) is 55.8 Å². The Morgan fingerprint density at radius 3 is 1.95 bits per heavy atom. The van der Waals surface area contributed by atoms with E-state index in [1.807, 2.05) is 0 Å². The van der Waals surface area contributed by atoms with Crippen LogP contribution in [0.4, 0.5) is 0 Å². The van der Waals surface area contributed by atoms with Crippen molar-refractivity contribution in [3.05, 3.63) is 0 Å². The number of carbonyl (C=O) groups is 1. The average Bonchev–Trinajstić information content (AvgIpc) is 2.41. The molecule has 0 rings (SSSR count). The van der Waals surface area contributed by atoms with Crippen molar-refractivity contribution >= 4 is 44.4 Å². The molecule has 0 aromatic heterocycles. The number of carboxylic acid groups (broad SMARTS) is 1. The summed E-state index contributed by atoms with van der Waals surface area (Å²) in [4.78, 5) is 10.3. The van der Waals surface area contributed by atoms with Gasteiger partial charge in [0.05, 0.1) is 5.88 Å². The van der Waals surface area contributed by atoms with E-state index >= 15 is 0 Å². The third-order valence-electron chi connectivity index (χ3n) is 3.31. The number of aliphatic carboxylic acids is 1. The van der Waals surface area contributed by atoms with E-state index in [2.05, 4.69) is 15.9 Å². The molecule has 2 nitrogen and oxygen atoms in total. The van der Waals surface area contributed by atoms with Crippen LogP contribution in [0.15, 0.2) is 0 Å². The minimum Gasteiger partial charge on any atom is -0.481 e.